The summed E-state index contributed by atoms with van der Waals surface area (Å²) in [6, 6.07) is 0. The Kier molecular flexibility index (Phi) is 2.45. The fourth-order valence-electron chi connectivity index (χ4n) is 2.14. The van der Waals surface area contributed by atoms with Crippen molar-refractivity contribution >= 4 is 11.6 Å². The average Bonchev–Trinajstić information content (AvgIpc) is 2.10. The number of aliphatic hydroxyl groups is 1. The second kappa shape index (κ2) is 3.40. The van der Waals surface area contributed by atoms with Gasteiger partial charge < -0.3 is 10.8 Å². The molecule has 5 heteroatoms. The molecule has 1 saturated carbocycles. The zero-order valence-electron chi connectivity index (χ0n) is 8.79. The van der Waals surface area contributed by atoms with Crippen LogP contribution in [0.1, 0.15) is 29.7 Å². The van der Waals surface area contributed by atoms with E-state index < -0.39 is 5.54 Å². The second-order valence-corrected chi connectivity index (χ2v) is 4.65. The molecular formula is C10H14ClN3O. The number of hydrogen-bond acceptors (Lipinski definition) is 4. The van der Waals surface area contributed by atoms with Gasteiger partial charge in [-0.2, -0.15) is 5.10 Å². The minimum absolute atomic E-state index is 0.320. The van der Waals surface area contributed by atoms with Crippen molar-refractivity contribution in [2.45, 2.75) is 38.3 Å². The van der Waals surface area contributed by atoms with Gasteiger partial charge in [-0.05, 0) is 32.3 Å². The van der Waals surface area contributed by atoms with Crippen LogP contribution in [0.15, 0.2) is 0 Å². The van der Waals surface area contributed by atoms with E-state index in [1.807, 2.05) is 13.8 Å². The largest absolute Gasteiger partial charge is 0.393 e. The molecule has 1 aliphatic carbocycles. The van der Waals surface area contributed by atoms with Crippen LogP contribution in [0.25, 0.3) is 0 Å². The van der Waals surface area contributed by atoms with Gasteiger partial charge in [-0.3, -0.25) is 0 Å². The number of halogens is 1. The van der Waals surface area contributed by atoms with Crippen molar-refractivity contribution in [2.24, 2.45) is 5.73 Å². The van der Waals surface area contributed by atoms with Crippen LogP contribution in [-0.4, -0.2) is 21.4 Å². The molecule has 1 aliphatic rings. The lowest BCUT2D eigenvalue weighted by molar-refractivity contribution is 0.0204. The fraction of sp³-hybridized carbons (Fsp3) is 0.600. The number of aryl methyl sites for hydroxylation is 1. The Bertz CT molecular complexity index is 402. The molecule has 0 radical (unpaired) electrons. The number of nitrogens with two attached hydrogens (primary N) is 1. The highest BCUT2D eigenvalue weighted by molar-refractivity contribution is 6.30. The second-order valence-electron chi connectivity index (χ2n) is 4.29. The molecule has 1 aromatic rings. The van der Waals surface area contributed by atoms with Crippen LogP contribution in [0.3, 0.4) is 0 Å². The van der Waals surface area contributed by atoms with E-state index in [1.165, 1.54) is 0 Å². The monoisotopic (exact) mass is 227 g/mol. The van der Waals surface area contributed by atoms with Crippen molar-refractivity contribution in [3.05, 3.63) is 22.0 Å². The summed E-state index contributed by atoms with van der Waals surface area (Å²) in [5, 5.41) is 17.5. The normalized spacial score (nSPS) is 30.1. The van der Waals surface area contributed by atoms with E-state index in [1.54, 1.807) is 0 Å². The first-order valence-electron chi connectivity index (χ1n) is 4.91. The fourth-order valence-corrected chi connectivity index (χ4v) is 2.51. The van der Waals surface area contributed by atoms with Crippen LogP contribution in [0, 0.1) is 13.8 Å². The Labute approximate surface area is 93.5 Å². The topological polar surface area (TPSA) is 72.0 Å². The lowest BCUT2D eigenvalue weighted by atomic mass is 9.70. The molecule has 0 amide bonds. The lowest BCUT2D eigenvalue weighted by Crippen LogP contribution is -2.52. The van der Waals surface area contributed by atoms with Crippen molar-refractivity contribution < 1.29 is 5.11 Å². The van der Waals surface area contributed by atoms with Gasteiger partial charge in [-0.15, -0.1) is 5.10 Å². The SMILES string of the molecule is Cc1nnc(Cl)c(C2(N)CC(O)C2)c1C. The quantitative estimate of drug-likeness (QED) is 0.753. The minimum Gasteiger partial charge on any atom is -0.393 e. The Balaban J connectivity index is 2.48. The summed E-state index contributed by atoms with van der Waals surface area (Å²) in [5.41, 5.74) is 8.29. The van der Waals surface area contributed by atoms with Crippen LogP contribution < -0.4 is 5.73 Å². The number of aromatic nitrogens is 2. The highest BCUT2D eigenvalue weighted by Crippen LogP contribution is 2.42. The van der Waals surface area contributed by atoms with Gasteiger partial charge in [0.1, 0.15) is 0 Å². The van der Waals surface area contributed by atoms with Crippen LogP contribution >= 0.6 is 11.6 Å². The van der Waals surface area contributed by atoms with Gasteiger partial charge in [0, 0.05) is 11.1 Å². The van der Waals surface area contributed by atoms with E-state index in [2.05, 4.69) is 10.2 Å². The van der Waals surface area contributed by atoms with Crippen molar-refractivity contribution in [3.8, 4) is 0 Å². The van der Waals surface area contributed by atoms with Gasteiger partial charge in [0.25, 0.3) is 0 Å². The zero-order chi connectivity index (χ0) is 11.2. The Morgan fingerprint density at radius 2 is 2.00 bits per heavy atom. The summed E-state index contributed by atoms with van der Waals surface area (Å²) in [4.78, 5) is 0. The third-order valence-corrected chi connectivity index (χ3v) is 3.37. The van der Waals surface area contributed by atoms with E-state index in [-0.39, 0.29) is 6.10 Å². The minimum atomic E-state index is -0.527. The summed E-state index contributed by atoms with van der Waals surface area (Å²) < 4.78 is 0. The maximum absolute atomic E-state index is 9.34. The predicted octanol–water partition coefficient (Wildman–Crippen LogP) is 1.06. The molecule has 0 unspecified atom stereocenters. The maximum Gasteiger partial charge on any atom is 0.157 e. The highest BCUT2D eigenvalue weighted by atomic mass is 35.5. The molecule has 1 aromatic heterocycles. The van der Waals surface area contributed by atoms with Crippen LogP contribution in [0.5, 0.6) is 0 Å². The molecule has 0 aromatic carbocycles. The maximum atomic E-state index is 9.34. The van der Waals surface area contributed by atoms with E-state index in [9.17, 15) is 5.11 Å². The van der Waals surface area contributed by atoms with Gasteiger partial charge >= 0.3 is 0 Å². The van der Waals surface area contributed by atoms with Crippen molar-refractivity contribution in [2.75, 3.05) is 0 Å². The molecule has 1 fully saturated rings. The van der Waals surface area contributed by atoms with Crippen molar-refractivity contribution in [3.63, 3.8) is 0 Å². The molecule has 4 nitrogen and oxygen atoms in total. The third kappa shape index (κ3) is 1.62. The van der Waals surface area contributed by atoms with E-state index in [4.69, 9.17) is 17.3 Å². The molecule has 15 heavy (non-hydrogen) atoms. The van der Waals surface area contributed by atoms with Crippen LogP contribution in [0.4, 0.5) is 0 Å². The van der Waals surface area contributed by atoms with E-state index >= 15 is 0 Å². The highest BCUT2D eigenvalue weighted by Gasteiger charge is 2.44. The van der Waals surface area contributed by atoms with Crippen molar-refractivity contribution in [1.29, 1.82) is 0 Å². The lowest BCUT2D eigenvalue weighted by Gasteiger charge is -2.43. The van der Waals surface area contributed by atoms with E-state index in [0.29, 0.717) is 18.0 Å². The molecule has 1 heterocycles. The molecule has 0 saturated heterocycles. The Morgan fingerprint density at radius 1 is 1.40 bits per heavy atom. The standard InChI is InChI=1S/C10H14ClN3O/c1-5-6(2)13-14-9(11)8(5)10(12)3-7(15)4-10/h7,15H,3-4,12H2,1-2H3. The smallest absolute Gasteiger partial charge is 0.157 e. The third-order valence-electron chi connectivity index (χ3n) is 3.11. The number of aliphatic hydroxyl groups excluding tert-OH is 1. The number of hydrogen-bond donors (Lipinski definition) is 2. The first-order valence-corrected chi connectivity index (χ1v) is 5.28. The predicted molar refractivity (Wildman–Crippen MR) is 57.6 cm³/mol. The van der Waals surface area contributed by atoms with Crippen molar-refractivity contribution in [1.82, 2.24) is 10.2 Å². The number of rotatable bonds is 1. The summed E-state index contributed by atoms with van der Waals surface area (Å²) in [5.74, 6) is 0. The molecule has 82 valence electrons. The Hall–Kier alpha value is -0.710. The van der Waals surface area contributed by atoms with Gasteiger partial charge in [-0.1, -0.05) is 11.6 Å². The zero-order valence-corrected chi connectivity index (χ0v) is 9.54. The Morgan fingerprint density at radius 3 is 2.53 bits per heavy atom. The molecule has 2 rings (SSSR count). The first-order chi connectivity index (χ1) is 6.94. The molecule has 0 spiro atoms. The molecule has 3 N–H and O–H groups in total. The van der Waals surface area contributed by atoms with Gasteiger partial charge in [0.15, 0.2) is 5.15 Å². The van der Waals surface area contributed by atoms with Gasteiger partial charge in [0.2, 0.25) is 0 Å². The molecular weight excluding hydrogens is 214 g/mol. The van der Waals surface area contributed by atoms with Crippen LogP contribution in [-0.2, 0) is 5.54 Å². The summed E-state index contributed by atoms with van der Waals surface area (Å²) >= 11 is 6.01. The molecule has 0 bridgehead atoms. The first kappa shape index (κ1) is 10.8. The summed E-state index contributed by atoms with van der Waals surface area (Å²) in [7, 11) is 0. The van der Waals surface area contributed by atoms with E-state index in [0.717, 1.165) is 16.8 Å². The summed E-state index contributed by atoms with van der Waals surface area (Å²) in [6.45, 7) is 3.81. The van der Waals surface area contributed by atoms with Gasteiger partial charge in [0.05, 0.1) is 11.8 Å². The average molecular weight is 228 g/mol. The molecule has 0 atom stereocenters. The van der Waals surface area contributed by atoms with Gasteiger partial charge in [-0.25, -0.2) is 0 Å². The summed E-state index contributed by atoms with van der Waals surface area (Å²) in [6.07, 6.45) is 0.760. The molecule has 0 aliphatic heterocycles. The van der Waals surface area contributed by atoms with Crippen LogP contribution in [0.2, 0.25) is 5.15 Å². The number of nitrogens with zero attached hydrogens (tertiary/aromatic N) is 2.